The molecule has 1 aliphatic rings. The van der Waals surface area contributed by atoms with E-state index in [9.17, 15) is 0 Å². The fraction of sp³-hybridized carbons (Fsp3) is 1.00. The highest BCUT2D eigenvalue weighted by Crippen LogP contribution is 2.11. The monoisotopic (exact) mass is 278 g/mol. The number of halogens is 1. The SMILES string of the molecule is CCCCCCCCOCC(CCl)OCC1CO1. The Balaban J connectivity index is 1.82. The molecule has 0 aromatic heterocycles. The van der Waals surface area contributed by atoms with Gasteiger partial charge in [0.2, 0.25) is 0 Å². The summed E-state index contributed by atoms with van der Waals surface area (Å²) in [6.07, 6.45) is 8.05. The summed E-state index contributed by atoms with van der Waals surface area (Å²) in [6.45, 7) is 5.14. The molecule has 0 amide bonds. The van der Waals surface area contributed by atoms with E-state index in [4.69, 9.17) is 25.8 Å². The van der Waals surface area contributed by atoms with E-state index in [0.717, 1.165) is 19.6 Å². The van der Waals surface area contributed by atoms with Gasteiger partial charge in [-0.15, -0.1) is 11.6 Å². The Hall–Kier alpha value is 0.170. The molecule has 2 unspecified atom stereocenters. The van der Waals surface area contributed by atoms with Crippen LogP contribution in [0, 0.1) is 0 Å². The number of rotatable bonds is 13. The maximum Gasteiger partial charge on any atom is 0.104 e. The summed E-state index contributed by atoms with van der Waals surface area (Å²) in [6, 6.07) is 0. The highest BCUT2D eigenvalue weighted by molar-refractivity contribution is 6.18. The molecule has 0 aliphatic carbocycles. The Morgan fingerprint density at radius 3 is 2.61 bits per heavy atom. The quantitative estimate of drug-likeness (QED) is 0.294. The minimum atomic E-state index is 0.0101. The zero-order valence-corrected chi connectivity index (χ0v) is 12.3. The predicted octanol–water partition coefficient (Wildman–Crippen LogP) is 3.39. The van der Waals surface area contributed by atoms with E-state index in [-0.39, 0.29) is 6.10 Å². The second-order valence-corrected chi connectivity index (χ2v) is 5.22. The van der Waals surface area contributed by atoms with E-state index in [1.807, 2.05) is 0 Å². The highest BCUT2D eigenvalue weighted by atomic mass is 35.5. The average Bonchev–Trinajstić information content (AvgIpc) is 3.20. The lowest BCUT2D eigenvalue weighted by Crippen LogP contribution is -2.24. The summed E-state index contributed by atoms with van der Waals surface area (Å²) in [5, 5.41) is 0. The molecule has 0 aromatic carbocycles. The zero-order valence-electron chi connectivity index (χ0n) is 11.5. The van der Waals surface area contributed by atoms with Gasteiger partial charge in [0.15, 0.2) is 0 Å². The number of ether oxygens (including phenoxy) is 3. The van der Waals surface area contributed by atoms with Crippen LogP contribution in [0.1, 0.15) is 45.4 Å². The summed E-state index contributed by atoms with van der Waals surface area (Å²) >= 11 is 5.82. The first-order valence-electron chi connectivity index (χ1n) is 7.23. The first-order chi connectivity index (χ1) is 8.86. The van der Waals surface area contributed by atoms with Gasteiger partial charge in [-0.05, 0) is 6.42 Å². The third-order valence-electron chi connectivity index (χ3n) is 3.04. The lowest BCUT2D eigenvalue weighted by atomic mass is 10.1. The zero-order chi connectivity index (χ0) is 13.1. The first kappa shape index (κ1) is 16.2. The van der Waals surface area contributed by atoms with Gasteiger partial charge in [-0.2, -0.15) is 0 Å². The lowest BCUT2D eigenvalue weighted by Gasteiger charge is -2.14. The van der Waals surface area contributed by atoms with Crippen molar-refractivity contribution in [1.82, 2.24) is 0 Å². The van der Waals surface area contributed by atoms with Gasteiger partial charge in [-0.1, -0.05) is 39.0 Å². The number of hydrogen-bond acceptors (Lipinski definition) is 3. The maximum absolute atomic E-state index is 5.82. The Labute approximate surface area is 116 Å². The van der Waals surface area contributed by atoms with Gasteiger partial charge in [-0.25, -0.2) is 0 Å². The fourth-order valence-electron chi connectivity index (χ4n) is 1.74. The average molecular weight is 279 g/mol. The van der Waals surface area contributed by atoms with Crippen molar-refractivity contribution in [3.05, 3.63) is 0 Å². The molecule has 0 spiro atoms. The van der Waals surface area contributed by atoms with Crippen LogP contribution >= 0.6 is 11.6 Å². The van der Waals surface area contributed by atoms with Gasteiger partial charge in [0.1, 0.15) is 6.10 Å². The second-order valence-electron chi connectivity index (χ2n) is 4.91. The summed E-state index contributed by atoms with van der Waals surface area (Å²) in [7, 11) is 0. The molecule has 18 heavy (non-hydrogen) atoms. The summed E-state index contributed by atoms with van der Waals surface area (Å²) < 4.78 is 16.3. The summed E-state index contributed by atoms with van der Waals surface area (Å²) in [5.74, 6) is 0.489. The normalized spacial score (nSPS) is 20.0. The number of unbranched alkanes of at least 4 members (excludes halogenated alkanes) is 5. The molecular weight excluding hydrogens is 252 g/mol. The van der Waals surface area contributed by atoms with E-state index in [1.54, 1.807) is 0 Å². The lowest BCUT2D eigenvalue weighted by molar-refractivity contribution is -0.0106. The molecule has 0 aromatic rings. The van der Waals surface area contributed by atoms with Crippen molar-refractivity contribution in [2.75, 3.05) is 32.3 Å². The topological polar surface area (TPSA) is 31.0 Å². The maximum atomic E-state index is 5.82. The molecule has 1 fully saturated rings. The summed E-state index contributed by atoms with van der Waals surface area (Å²) in [4.78, 5) is 0. The predicted molar refractivity (Wildman–Crippen MR) is 74.4 cm³/mol. The molecule has 1 aliphatic heterocycles. The second kappa shape index (κ2) is 11.0. The van der Waals surface area contributed by atoms with Crippen molar-refractivity contribution in [3.8, 4) is 0 Å². The van der Waals surface area contributed by atoms with Crippen LogP contribution in [-0.4, -0.2) is 44.5 Å². The molecule has 1 saturated heterocycles. The molecule has 1 heterocycles. The highest BCUT2D eigenvalue weighted by Gasteiger charge is 2.24. The largest absolute Gasteiger partial charge is 0.379 e. The number of hydrogen-bond donors (Lipinski definition) is 0. The van der Waals surface area contributed by atoms with Crippen molar-refractivity contribution in [2.24, 2.45) is 0 Å². The molecule has 3 nitrogen and oxygen atoms in total. The standard InChI is InChI=1S/C14H27ClO3/c1-2-3-4-5-6-7-8-16-10-13(9-15)17-11-14-12-18-14/h13-14H,2-12H2,1H3. The molecule has 1 rings (SSSR count). The van der Waals surface area contributed by atoms with E-state index in [0.29, 0.717) is 25.2 Å². The van der Waals surface area contributed by atoms with Crippen LogP contribution in [0.15, 0.2) is 0 Å². The van der Waals surface area contributed by atoms with Crippen LogP contribution in [0.5, 0.6) is 0 Å². The van der Waals surface area contributed by atoms with E-state index in [2.05, 4.69) is 6.92 Å². The molecule has 2 atom stereocenters. The molecule has 0 radical (unpaired) electrons. The van der Waals surface area contributed by atoms with Gasteiger partial charge in [-0.3, -0.25) is 0 Å². The minimum absolute atomic E-state index is 0.0101. The molecule has 0 bridgehead atoms. The van der Waals surface area contributed by atoms with Crippen LogP contribution in [0.25, 0.3) is 0 Å². The van der Waals surface area contributed by atoms with Gasteiger partial charge >= 0.3 is 0 Å². The van der Waals surface area contributed by atoms with Crippen LogP contribution in [0.4, 0.5) is 0 Å². The van der Waals surface area contributed by atoms with Gasteiger partial charge in [0, 0.05) is 6.61 Å². The van der Waals surface area contributed by atoms with Gasteiger partial charge in [0.05, 0.1) is 31.8 Å². The number of alkyl halides is 1. The van der Waals surface area contributed by atoms with E-state index >= 15 is 0 Å². The Bertz CT molecular complexity index is 186. The van der Waals surface area contributed by atoms with Crippen molar-refractivity contribution in [3.63, 3.8) is 0 Å². The molecule has 108 valence electrons. The number of epoxide rings is 1. The van der Waals surface area contributed by atoms with Crippen molar-refractivity contribution >= 4 is 11.6 Å². The van der Waals surface area contributed by atoms with E-state index < -0.39 is 0 Å². The van der Waals surface area contributed by atoms with E-state index in [1.165, 1.54) is 32.1 Å². The Morgan fingerprint density at radius 1 is 1.22 bits per heavy atom. The third-order valence-corrected chi connectivity index (χ3v) is 3.38. The molecule has 0 N–H and O–H groups in total. The third kappa shape index (κ3) is 9.15. The van der Waals surface area contributed by atoms with Crippen LogP contribution in [-0.2, 0) is 14.2 Å². The van der Waals surface area contributed by atoms with Gasteiger partial charge in [0.25, 0.3) is 0 Å². The van der Waals surface area contributed by atoms with Crippen LogP contribution in [0.2, 0.25) is 0 Å². The molecule has 0 saturated carbocycles. The van der Waals surface area contributed by atoms with Crippen LogP contribution in [0.3, 0.4) is 0 Å². The smallest absolute Gasteiger partial charge is 0.104 e. The van der Waals surface area contributed by atoms with Crippen molar-refractivity contribution in [1.29, 1.82) is 0 Å². The minimum Gasteiger partial charge on any atom is -0.379 e. The fourth-order valence-corrected chi connectivity index (χ4v) is 1.92. The first-order valence-corrected chi connectivity index (χ1v) is 7.77. The molecular formula is C14H27ClO3. The van der Waals surface area contributed by atoms with Gasteiger partial charge < -0.3 is 14.2 Å². The molecule has 4 heteroatoms. The van der Waals surface area contributed by atoms with Crippen LogP contribution < -0.4 is 0 Å². The Kier molecular flexibility index (Phi) is 9.95. The van der Waals surface area contributed by atoms with Crippen molar-refractivity contribution < 1.29 is 14.2 Å². The summed E-state index contributed by atoms with van der Waals surface area (Å²) in [5.41, 5.74) is 0. The Morgan fingerprint density at radius 2 is 1.94 bits per heavy atom. The van der Waals surface area contributed by atoms with Crippen molar-refractivity contribution in [2.45, 2.75) is 57.7 Å².